The molecule has 150 valence electrons. The van der Waals surface area contributed by atoms with Crippen LogP contribution in [0, 0.1) is 49.1 Å². The fraction of sp³-hybridized carbons (Fsp3) is 0.154. The molecule has 0 saturated carbocycles. The van der Waals surface area contributed by atoms with E-state index in [2.05, 4.69) is 56.3 Å². The monoisotopic (exact) mass is 527 g/mol. The Morgan fingerprint density at radius 3 is 1.93 bits per heavy atom. The summed E-state index contributed by atoms with van der Waals surface area (Å²) < 4.78 is 0. The van der Waals surface area contributed by atoms with Gasteiger partial charge in [-0.2, -0.15) is 23.8 Å². The quantitative estimate of drug-likeness (QED) is 0.224. The summed E-state index contributed by atoms with van der Waals surface area (Å²) in [6.07, 6.45) is 4.51. The fourth-order valence-electron chi connectivity index (χ4n) is 2.87. The van der Waals surface area contributed by atoms with Crippen molar-refractivity contribution in [2.24, 2.45) is 5.92 Å². The van der Waals surface area contributed by atoms with Crippen molar-refractivity contribution in [3.8, 4) is 0 Å². The first-order valence-corrected chi connectivity index (χ1v) is 7.56. The first-order valence-electron chi connectivity index (χ1n) is 7.56. The molecule has 0 atom stereocenters. The van der Waals surface area contributed by atoms with Gasteiger partial charge in [0.15, 0.2) is 0 Å². The van der Waals surface area contributed by atoms with E-state index in [1.807, 2.05) is 30.3 Å². The first kappa shape index (κ1) is 33.3. The molecule has 0 amide bonds. The predicted octanol–water partition coefficient (Wildman–Crippen LogP) is 7.89. The summed E-state index contributed by atoms with van der Waals surface area (Å²) in [6.45, 7) is 4.50. The third kappa shape index (κ3) is 7.66. The Labute approximate surface area is 188 Å². The second-order valence-corrected chi connectivity index (χ2v) is 5.71. The second kappa shape index (κ2) is 15.7. The zero-order chi connectivity index (χ0) is 14.7. The van der Waals surface area contributed by atoms with Crippen molar-refractivity contribution in [3.63, 3.8) is 0 Å². The molecule has 0 aliphatic heterocycles. The summed E-state index contributed by atoms with van der Waals surface area (Å²) in [4.78, 5) is 0. The summed E-state index contributed by atoms with van der Waals surface area (Å²) >= 11 is 0. The average Bonchev–Trinajstić information content (AvgIpc) is 3.19. The maximum atomic E-state index is 3.53. The summed E-state index contributed by atoms with van der Waals surface area (Å²) in [7, 11) is 0. The number of hydrogen-bond donors (Lipinski definition) is 0. The van der Waals surface area contributed by atoms with Gasteiger partial charge in [0.05, 0.1) is 0 Å². The molecule has 0 saturated heterocycles. The molecular formula is C26H35Hf-7. The molecule has 0 nitrogen and oxygen atoms in total. The van der Waals surface area contributed by atoms with Crippen LogP contribution in [0.2, 0.25) is 0 Å². The standard InChI is InChI=1S/C16H15.C5H5.5CH3.Hf/c1-11(2)14-10-9-13-8-7-12-5-3-4-6-15(12)16(13)14;1-2-4-5-3-1;;;;;;/h3-8,11H,9H2,1-2H3;1-5H;5*1H3;/q7*-1;. The van der Waals surface area contributed by atoms with Crippen molar-refractivity contribution in [3.05, 3.63) is 121 Å². The Hall–Kier alpha value is -1.34. The minimum Gasteiger partial charge on any atom is -0.358 e. The van der Waals surface area contributed by atoms with E-state index in [1.165, 1.54) is 27.5 Å². The van der Waals surface area contributed by atoms with Gasteiger partial charge in [0.1, 0.15) is 0 Å². The van der Waals surface area contributed by atoms with E-state index in [0.717, 1.165) is 6.42 Å². The molecule has 0 aromatic heterocycles. The van der Waals surface area contributed by atoms with E-state index >= 15 is 0 Å². The van der Waals surface area contributed by atoms with Crippen LogP contribution < -0.4 is 0 Å². The van der Waals surface area contributed by atoms with E-state index in [1.54, 1.807) is 0 Å². The van der Waals surface area contributed by atoms with Crippen molar-refractivity contribution in [1.29, 1.82) is 0 Å². The van der Waals surface area contributed by atoms with Gasteiger partial charge in [-0.1, -0.05) is 61.5 Å². The van der Waals surface area contributed by atoms with Crippen LogP contribution in [0.25, 0.3) is 16.3 Å². The van der Waals surface area contributed by atoms with Crippen molar-refractivity contribution < 1.29 is 25.8 Å². The van der Waals surface area contributed by atoms with Crippen molar-refractivity contribution in [1.82, 2.24) is 0 Å². The van der Waals surface area contributed by atoms with Gasteiger partial charge in [-0.25, -0.2) is 17.7 Å². The third-order valence-electron chi connectivity index (χ3n) is 3.89. The Morgan fingerprint density at radius 2 is 1.41 bits per heavy atom. The molecule has 0 fully saturated rings. The predicted molar refractivity (Wildman–Crippen MR) is 123 cm³/mol. The zero-order valence-electron chi connectivity index (χ0n) is 18.1. The second-order valence-electron chi connectivity index (χ2n) is 5.71. The third-order valence-corrected chi connectivity index (χ3v) is 3.89. The summed E-state index contributed by atoms with van der Waals surface area (Å²) in [5, 5.41) is 2.72. The zero-order valence-corrected chi connectivity index (χ0v) is 21.7. The molecule has 3 aromatic carbocycles. The van der Waals surface area contributed by atoms with Gasteiger partial charge in [-0.05, 0) is 5.39 Å². The van der Waals surface area contributed by atoms with E-state index in [0.29, 0.717) is 5.92 Å². The molecule has 3 aromatic rings. The maximum Gasteiger partial charge on any atom is 0 e. The van der Waals surface area contributed by atoms with E-state index < -0.39 is 0 Å². The molecule has 1 aliphatic carbocycles. The summed E-state index contributed by atoms with van der Waals surface area (Å²) in [6, 6.07) is 23.1. The van der Waals surface area contributed by atoms with Crippen LogP contribution in [0.15, 0.2) is 66.7 Å². The molecule has 1 aliphatic rings. The van der Waals surface area contributed by atoms with Crippen LogP contribution >= 0.6 is 0 Å². The molecule has 0 radical (unpaired) electrons. The van der Waals surface area contributed by atoms with Gasteiger partial charge >= 0.3 is 0 Å². The fourth-order valence-corrected chi connectivity index (χ4v) is 2.87. The van der Waals surface area contributed by atoms with Gasteiger partial charge in [-0.15, -0.1) is 12.0 Å². The van der Waals surface area contributed by atoms with E-state index in [4.69, 9.17) is 0 Å². The van der Waals surface area contributed by atoms with Gasteiger partial charge in [0, 0.05) is 25.8 Å². The minimum atomic E-state index is 0. The topological polar surface area (TPSA) is 0 Å². The minimum absolute atomic E-state index is 0. The van der Waals surface area contributed by atoms with Crippen LogP contribution in [0.4, 0.5) is 0 Å². The average molecular weight is 526 g/mol. The smallest absolute Gasteiger partial charge is 0 e. The van der Waals surface area contributed by atoms with Crippen LogP contribution in [-0.2, 0) is 32.3 Å². The van der Waals surface area contributed by atoms with Crippen molar-refractivity contribution >= 4 is 16.3 Å². The Kier molecular flexibility index (Phi) is 19.3. The molecule has 0 heterocycles. The van der Waals surface area contributed by atoms with Crippen LogP contribution in [0.1, 0.15) is 25.0 Å². The van der Waals surface area contributed by atoms with E-state index in [-0.39, 0.29) is 63.0 Å². The SMILES string of the molecule is CC(C)C1=[C-]Cc2ccc3ccccc3c21.[CH3-].[CH3-].[CH3-].[CH3-].[CH3-].[Hf].c1cc[cH-]c1. The van der Waals surface area contributed by atoms with Gasteiger partial charge in [0.25, 0.3) is 0 Å². The summed E-state index contributed by atoms with van der Waals surface area (Å²) in [5.41, 5.74) is 4.27. The number of allylic oxidation sites excluding steroid dienone is 2. The summed E-state index contributed by atoms with van der Waals surface area (Å²) in [5.74, 6) is 0.562. The largest absolute Gasteiger partial charge is 0.358 e. The molecule has 0 N–H and O–H groups in total. The maximum absolute atomic E-state index is 3.53. The number of benzene rings is 2. The molecule has 27 heavy (non-hydrogen) atoms. The molecular weight excluding hydrogens is 491 g/mol. The van der Waals surface area contributed by atoms with E-state index in [9.17, 15) is 0 Å². The van der Waals surface area contributed by atoms with Crippen LogP contribution in [0.5, 0.6) is 0 Å². The molecule has 0 bridgehead atoms. The van der Waals surface area contributed by atoms with Gasteiger partial charge in [-0.3, -0.25) is 6.08 Å². The molecule has 1 heteroatoms. The molecule has 0 unspecified atom stereocenters. The van der Waals surface area contributed by atoms with Crippen LogP contribution in [0.3, 0.4) is 0 Å². The van der Waals surface area contributed by atoms with Gasteiger partial charge < -0.3 is 37.1 Å². The Balaban J connectivity index is -0.000000214. The Morgan fingerprint density at radius 1 is 0.815 bits per heavy atom. The molecule has 4 rings (SSSR count). The van der Waals surface area contributed by atoms with Crippen molar-refractivity contribution in [2.45, 2.75) is 20.3 Å². The number of rotatable bonds is 1. The number of fused-ring (bicyclic) bond motifs is 3. The van der Waals surface area contributed by atoms with Crippen molar-refractivity contribution in [2.75, 3.05) is 0 Å². The van der Waals surface area contributed by atoms with Gasteiger partial charge in [0.2, 0.25) is 0 Å². The Bertz CT molecular complexity index is 732. The first-order chi connectivity index (χ1) is 10.3. The van der Waals surface area contributed by atoms with Crippen LogP contribution in [-0.4, -0.2) is 0 Å². The molecule has 0 spiro atoms. The normalized spacial score (nSPS) is 9.96. The number of hydrogen-bond acceptors (Lipinski definition) is 0.